The first-order valence-corrected chi connectivity index (χ1v) is 10.9. The number of carbonyl (C=O) groups excluding carboxylic acids is 1. The van der Waals surface area contributed by atoms with E-state index in [0.717, 1.165) is 38.9 Å². The van der Waals surface area contributed by atoms with Gasteiger partial charge in [0.1, 0.15) is 6.10 Å². The maximum absolute atomic E-state index is 12.7. The van der Waals surface area contributed by atoms with Crippen LogP contribution in [0.25, 0.3) is 22.0 Å². The molecule has 0 amide bonds. The number of aryl methyl sites for hydroxylation is 1. The number of rotatable bonds is 5. The molecule has 156 valence electrons. The fourth-order valence-electron chi connectivity index (χ4n) is 4.01. The van der Waals surface area contributed by atoms with Gasteiger partial charge in [0, 0.05) is 22.0 Å². The molecule has 1 atom stereocenters. The van der Waals surface area contributed by atoms with E-state index in [1.54, 1.807) is 6.92 Å². The van der Waals surface area contributed by atoms with Crippen molar-refractivity contribution in [2.75, 3.05) is 0 Å². The van der Waals surface area contributed by atoms with Crippen molar-refractivity contribution in [2.45, 2.75) is 65.1 Å². The van der Waals surface area contributed by atoms with Gasteiger partial charge in [0.15, 0.2) is 5.78 Å². The maximum atomic E-state index is 12.7. The summed E-state index contributed by atoms with van der Waals surface area (Å²) in [7, 11) is 0. The first-order chi connectivity index (χ1) is 14.1. The second-order valence-corrected chi connectivity index (χ2v) is 9.72. The van der Waals surface area contributed by atoms with Gasteiger partial charge in [-0.2, -0.15) is 0 Å². The molecule has 30 heavy (non-hydrogen) atoms. The van der Waals surface area contributed by atoms with Crippen LogP contribution >= 0.6 is 11.6 Å². The lowest BCUT2D eigenvalue weighted by Crippen LogP contribution is -2.27. The van der Waals surface area contributed by atoms with Crippen LogP contribution in [0.2, 0.25) is 5.02 Å². The van der Waals surface area contributed by atoms with Crippen LogP contribution < -0.4 is 0 Å². The second kappa shape index (κ2) is 7.79. The summed E-state index contributed by atoms with van der Waals surface area (Å²) in [5.74, 6) is 0.577. The fourth-order valence-corrected chi connectivity index (χ4v) is 4.13. The molecule has 4 rings (SSSR count). The number of hydrogen-bond donors (Lipinski definition) is 0. The minimum absolute atomic E-state index is 0.00912. The van der Waals surface area contributed by atoms with E-state index >= 15 is 0 Å². The highest BCUT2D eigenvalue weighted by molar-refractivity contribution is 6.30. The van der Waals surface area contributed by atoms with E-state index in [1.807, 2.05) is 52.0 Å². The molecule has 0 aliphatic heterocycles. The molecule has 1 fully saturated rings. The smallest absolute Gasteiger partial charge is 0.163 e. The van der Waals surface area contributed by atoms with Crippen molar-refractivity contribution >= 4 is 28.3 Å². The average molecular weight is 422 g/mol. The van der Waals surface area contributed by atoms with Crippen LogP contribution in [-0.2, 0) is 9.53 Å². The Morgan fingerprint density at radius 1 is 1.13 bits per heavy atom. The number of ether oxygens (including phenoxy) is 1. The van der Waals surface area contributed by atoms with Crippen LogP contribution in [0.15, 0.2) is 42.5 Å². The zero-order valence-corrected chi connectivity index (χ0v) is 19.0. The van der Waals surface area contributed by atoms with E-state index in [2.05, 4.69) is 18.2 Å². The van der Waals surface area contributed by atoms with Gasteiger partial charge in [0.25, 0.3) is 0 Å². The fraction of sp³-hybridized carbons (Fsp3) is 0.385. The van der Waals surface area contributed by atoms with Crippen molar-refractivity contribution in [3.8, 4) is 11.1 Å². The SMILES string of the molecule is CC(=O)[C@@H](OC(C)(C)C)c1c(C)cc2nc(C3CC3)ccc2c1-c1ccc(Cl)cc1. The van der Waals surface area contributed by atoms with Crippen LogP contribution in [0.5, 0.6) is 0 Å². The molecule has 0 unspecified atom stereocenters. The van der Waals surface area contributed by atoms with Crippen molar-refractivity contribution < 1.29 is 9.53 Å². The van der Waals surface area contributed by atoms with Gasteiger partial charge in [-0.25, -0.2) is 0 Å². The molecule has 1 aliphatic rings. The second-order valence-electron chi connectivity index (χ2n) is 9.29. The van der Waals surface area contributed by atoms with Crippen LogP contribution in [0.4, 0.5) is 0 Å². The number of pyridine rings is 1. The predicted octanol–water partition coefficient (Wildman–Crippen LogP) is 7.19. The number of ketones is 1. The highest BCUT2D eigenvalue weighted by atomic mass is 35.5. The van der Waals surface area contributed by atoms with Crippen LogP contribution in [0.1, 0.15) is 69.4 Å². The molecule has 2 aromatic carbocycles. The Labute approximate surface area is 183 Å². The topological polar surface area (TPSA) is 39.2 Å². The van der Waals surface area contributed by atoms with Crippen molar-refractivity contribution in [3.63, 3.8) is 0 Å². The quantitative estimate of drug-likeness (QED) is 0.437. The van der Waals surface area contributed by atoms with E-state index in [4.69, 9.17) is 21.3 Å². The summed E-state index contributed by atoms with van der Waals surface area (Å²) in [5.41, 5.74) is 5.59. The molecule has 1 heterocycles. The molecule has 1 saturated carbocycles. The largest absolute Gasteiger partial charge is 0.360 e. The summed E-state index contributed by atoms with van der Waals surface area (Å²) in [6.07, 6.45) is 1.78. The van der Waals surface area contributed by atoms with Crippen molar-refractivity contribution in [2.24, 2.45) is 0 Å². The van der Waals surface area contributed by atoms with Crippen LogP contribution in [0, 0.1) is 6.92 Å². The number of aromatic nitrogens is 1. The molecule has 1 aliphatic carbocycles. The predicted molar refractivity (Wildman–Crippen MR) is 123 cm³/mol. The summed E-state index contributed by atoms with van der Waals surface area (Å²) >= 11 is 6.16. The minimum atomic E-state index is -0.650. The third kappa shape index (κ3) is 4.28. The Bertz CT molecular complexity index is 1110. The maximum Gasteiger partial charge on any atom is 0.163 e. The molecule has 0 radical (unpaired) electrons. The van der Waals surface area contributed by atoms with Gasteiger partial charge in [-0.15, -0.1) is 0 Å². The lowest BCUT2D eigenvalue weighted by atomic mass is 9.87. The summed E-state index contributed by atoms with van der Waals surface area (Å²) in [6, 6.07) is 14.1. The normalized spacial score (nSPS) is 15.4. The van der Waals surface area contributed by atoms with Crippen molar-refractivity contribution in [1.82, 2.24) is 4.98 Å². The number of nitrogens with zero attached hydrogens (tertiary/aromatic N) is 1. The summed E-state index contributed by atoms with van der Waals surface area (Å²) in [5, 5.41) is 1.71. The Kier molecular flexibility index (Phi) is 5.46. The lowest BCUT2D eigenvalue weighted by molar-refractivity contribution is -0.138. The van der Waals surface area contributed by atoms with E-state index in [-0.39, 0.29) is 5.78 Å². The van der Waals surface area contributed by atoms with Crippen molar-refractivity contribution in [1.29, 1.82) is 0 Å². The van der Waals surface area contributed by atoms with Gasteiger partial charge in [-0.05, 0) is 94.0 Å². The number of fused-ring (bicyclic) bond motifs is 1. The number of Topliss-reactive ketones (excluding diaryl/α,β-unsaturated/α-hetero) is 1. The van der Waals surface area contributed by atoms with Crippen LogP contribution in [0.3, 0.4) is 0 Å². The van der Waals surface area contributed by atoms with Gasteiger partial charge in [0.05, 0.1) is 11.1 Å². The Morgan fingerprint density at radius 3 is 2.37 bits per heavy atom. The molecule has 1 aromatic heterocycles. The van der Waals surface area contributed by atoms with E-state index < -0.39 is 11.7 Å². The molecule has 4 heteroatoms. The van der Waals surface area contributed by atoms with Gasteiger partial charge in [0.2, 0.25) is 0 Å². The number of benzene rings is 2. The molecular weight excluding hydrogens is 394 g/mol. The molecule has 0 bridgehead atoms. The van der Waals surface area contributed by atoms with Gasteiger partial charge < -0.3 is 4.74 Å². The molecular formula is C26H28ClNO2. The lowest BCUT2D eigenvalue weighted by Gasteiger charge is -2.29. The van der Waals surface area contributed by atoms with Gasteiger partial charge >= 0.3 is 0 Å². The zero-order valence-electron chi connectivity index (χ0n) is 18.3. The molecule has 0 spiro atoms. The average Bonchev–Trinajstić information content (AvgIpc) is 3.50. The highest BCUT2D eigenvalue weighted by Gasteiger charge is 2.30. The molecule has 0 saturated heterocycles. The molecule has 3 aromatic rings. The third-order valence-corrected chi connectivity index (χ3v) is 5.75. The van der Waals surface area contributed by atoms with Crippen LogP contribution in [-0.4, -0.2) is 16.4 Å². The Hall–Kier alpha value is -2.23. The highest BCUT2D eigenvalue weighted by Crippen LogP contribution is 2.43. The zero-order chi connectivity index (χ0) is 21.6. The minimum Gasteiger partial charge on any atom is -0.360 e. The number of carbonyl (C=O) groups is 1. The first-order valence-electron chi connectivity index (χ1n) is 10.5. The first kappa shape index (κ1) is 21.0. The Morgan fingerprint density at radius 2 is 1.80 bits per heavy atom. The summed E-state index contributed by atoms with van der Waals surface area (Å²) in [4.78, 5) is 17.7. The summed E-state index contributed by atoms with van der Waals surface area (Å²) in [6.45, 7) is 9.57. The Balaban J connectivity index is 2.01. The van der Waals surface area contributed by atoms with E-state index in [9.17, 15) is 4.79 Å². The standard InChI is InChI=1S/C26H28ClNO2/c1-15-14-22-20(12-13-21(28-22)17-6-7-17)24(18-8-10-19(27)11-9-18)23(15)25(16(2)29)30-26(3,4)5/h8-14,17,25H,6-7H2,1-5H3/t25-/m1/s1. The van der Waals surface area contributed by atoms with Gasteiger partial charge in [-0.3, -0.25) is 9.78 Å². The number of halogens is 1. The van der Waals surface area contributed by atoms with Gasteiger partial charge in [-0.1, -0.05) is 29.8 Å². The third-order valence-electron chi connectivity index (χ3n) is 5.49. The van der Waals surface area contributed by atoms with E-state index in [1.165, 1.54) is 12.8 Å². The monoisotopic (exact) mass is 421 g/mol. The summed E-state index contributed by atoms with van der Waals surface area (Å²) < 4.78 is 6.28. The number of hydrogen-bond acceptors (Lipinski definition) is 3. The van der Waals surface area contributed by atoms with Crippen molar-refractivity contribution in [3.05, 3.63) is 64.3 Å². The molecule has 0 N–H and O–H groups in total. The molecule has 3 nitrogen and oxygen atoms in total. The van der Waals surface area contributed by atoms with E-state index in [0.29, 0.717) is 10.9 Å².